The minimum Gasteiger partial charge on any atom is -0.491 e. The van der Waals surface area contributed by atoms with Crippen LogP contribution in [0, 0.1) is 5.82 Å². The van der Waals surface area contributed by atoms with Gasteiger partial charge in [0.2, 0.25) is 5.91 Å². The molecule has 0 spiro atoms. The lowest BCUT2D eigenvalue weighted by atomic mass is 10.0. The molecule has 1 saturated heterocycles. The summed E-state index contributed by atoms with van der Waals surface area (Å²) < 4.78 is 24.9. The molecular weight excluding hydrogens is 457 g/mol. The first-order valence-corrected chi connectivity index (χ1v) is 12.7. The number of nitrogens with one attached hydrogen (secondary N) is 1. The van der Waals surface area contributed by atoms with Gasteiger partial charge in [0.25, 0.3) is 0 Å². The standard InChI is InChI=1S/C25H32FN3O4S/c1-17(2)27-25(31)28(14-20-4-3-12-32-20)15-24(30)29-11-9-23-21(10-13-34-23)22(29)16-33-19-7-5-18(26)6-8-19/h5-8,10,13,17,20,22H,3-4,9,11-12,14-16H2,1-2H3,(H,27,31)/t20-,22+/m0/s1. The van der Waals surface area contributed by atoms with E-state index in [2.05, 4.69) is 5.32 Å². The summed E-state index contributed by atoms with van der Waals surface area (Å²) in [5.41, 5.74) is 1.07. The molecule has 7 nitrogen and oxygen atoms in total. The van der Waals surface area contributed by atoms with E-state index in [1.807, 2.05) is 30.2 Å². The van der Waals surface area contributed by atoms with Crippen LogP contribution in [0.1, 0.15) is 43.2 Å². The lowest BCUT2D eigenvalue weighted by Crippen LogP contribution is -2.52. The lowest BCUT2D eigenvalue weighted by molar-refractivity contribution is -0.135. The number of hydrogen-bond acceptors (Lipinski definition) is 5. The number of amides is 3. The van der Waals surface area contributed by atoms with Crippen molar-refractivity contribution in [3.05, 3.63) is 52.0 Å². The summed E-state index contributed by atoms with van der Waals surface area (Å²) >= 11 is 1.68. The maximum Gasteiger partial charge on any atom is 0.318 e. The van der Waals surface area contributed by atoms with Gasteiger partial charge in [0, 0.05) is 30.6 Å². The third-order valence-corrected chi connectivity index (χ3v) is 7.11. The molecule has 34 heavy (non-hydrogen) atoms. The largest absolute Gasteiger partial charge is 0.491 e. The Bertz CT molecular complexity index is 975. The molecule has 0 radical (unpaired) electrons. The zero-order valence-electron chi connectivity index (χ0n) is 19.7. The average molecular weight is 490 g/mol. The molecule has 1 N–H and O–H groups in total. The minimum absolute atomic E-state index is 0.0229. The van der Waals surface area contributed by atoms with Crippen molar-refractivity contribution < 1.29 is 23.5 Å². The van der Waals surface area contributed by atoms with E-state index >= 15 is 0 Å². The third-order valence-electron chi connectivity index (χ3n) is 6.11. The number of urea groups is 1. The van der Waals surface area contributed by atoms with Gasteiger partial charge >= 0.3 is 6.03 Å². The lowest BCUT2D eigenvalue weighted by Gasteiger charge is -2.37. The van der Waals surface area contributed by atoms with Gasteiger partial charge < -0.3 is 24.6 Å². The van der Waals surface area contributed by atoms with E-state index in [0.717, 1.165) is 24.8 Å². The second-order valence-electron chi connectivity index (χ2n) is 9.04. The first kappa shape index (κ1) is 24.5. The molecule has 1 fully saturated rings. The van der Waals surface area contributed by atoms with Gasteiger partial charge in [-0.1, -0.05) is 0 Å². The molecule has 0 unspecified atom stereocenters. The van der Waals surface area contributed by atoms with E-state index in [1.54, 1.807) is 28.4 Å². The van der Waals surface area contributed by atoms with E-state index in [9.17, 15) is 14.0 Å². The summed E-state index contributed by atoms with van der Waals surface area (Å²) in [7, 11) is 0. The van der Waals surface area contributed by atoms with Gasteiger partial charge in [-0.05, 0) is 74.4 Å². The van der Waals surface area contributed by atoms with Crippen molar-refractivity contribution in [3.63, 3.8) is 0 Å². The van der Waals surface area contributed by atoms with Gasteiger partial charge in [0.05, 0.1) is 12.1 Å². The van der Waals surface area contributed by atoms with Crippen LogP contribution >= 0.6 is 11.3 Å². The molecule has 0 saturated carbocycles. The fourth-order valence-corrected chi connectivity index (χ4v) is 5.35. The molecule has 0 aliphatic carbocycles. The molecular formula is C25H32FN3O4S. The fraction of sp³-hybridized carbons (Fsp3) is 0.520. The normalized spacial score (nSPS) is 19.7. The summed E-state index contributed by atoms with van der Waals surface area (Å²) in [5.74, 6) is 0.0990. The summed E-state index contributed by atoms with van der Waals surface area (Å²) in [6.07, 6.45) is 2.58. The van der Waals surface area contributed by atoms with E-state index in [0.29, 0.717) is 25.4 Å². The molecule has 2 atom stereocenters. The number of carbonyl (C=O) groups is 2. The smallest absolute Gasteiger partial charge is 0.318 e. The topological polar surface area (TPSA) is 71.1 Å². The van der Waals surface area contributed by atoms with Crippen LogP contribution < -0.4 is 10.1 Å². The van der Waals surface area contributed by atoms with Crippen molar-refractivity contribution in [2.75, 3.05) is 32.8 Å². The molecule has 3 heterocycles. The van der Waals surface area contributed by atoms with Crippen LogP contribution in [-0.4, -0.2) is 66.7 Å². The van der Waals surface area contributed by atoms with Crippen molar-refractivity contribution in [2.24, 2.45) is 0 Å². The number of halogens is 1. The maximum absolute atomic E-state index is 13.5. The Hall–Kier alpha value is -2.65. The monoisotopic (exact) mass is 489 g/mol. The molecule has 0 bridgehead atoms. The van der Waals surface area contributed by atoms with Gasteiger partial charge in [0.1, 0.15) is 24.7 Å². The first-order valence-electron chi connectivity index (χ1n) is 11.8. The molecule has 3 amide bonds. The van der Waals surface area contributed by atoms with E-state index in [1.165, 1.54) is 17.0 Å². The van der Waals surface area contributed by atoms with Crippen LogP contribution in [0.4, 0.5) is 9.18 Å². The highest BCUT2D eigenvalue weighted by Gasteiger charge is 2.34. The van der Waals surface area contributed by atoms with Crippen LogP contribution in [0.3, 0.4) is 0 Å². The Kier molecular flexibility index (Phi) is 8.05. The highest BCUT2D eigenvalue weighted by Crippen LogP contribution is 2.34. The zero-order valence-corrected chi connectivity index (χ0v) is 20.5. The Morgan fingerprint density at radius 3 is 2.79 bits per heavy atom. The Labute approximate surface area is 203 Å². The zero-order chi connectivity index (χ0) is 24.1. The van der Waals surface area contributed by atoms with Crippen molar-refractivity contribution in [1.29, 1.82) is 0 Å². The molecule has 2 aliphatic rings. The molecule has 1 aromatic carbocycles. The van der Waals surface area contributed by atoms with Crippen molar-refractivity contribution in [3.8, 4) is 5.75 Å². The van der Waals surface area contributed by atoms with Crippen molar-refractivity contribution in [1.82, 2.24) is 15.1 Å². The number of hydrogen-bond donors (Lipinski definition) is 1. The molecule has 2 aromatic rings. The SMILES string of the molecule is CC(C)NC(=O)N(CC(=O)N1CCc2sccc2[C@H]1COc1ccc(F)cc1)C[C@@H]1CCCO1. The predicted octanol–water partition coefficient (Wildman–Crippen LogP) is 3.99. The second-order valence-corrected chi connectivity index (χ2v) is 10.0. The van der Waals surface area contributed by atoms with Gasteiger partial charge in [-0.25, -0.2) is 9.18 Å². The van der Waals surface area contributed by atoms with Gasteiger partial charge in [0.15, 0.2) is 0 Å². The minimum atomic E-state index is -0.326. The number of rotatable bonds is 8. The first-order chi connectivity index (χ1) is 16.4. The van der Waals surface area contributed by atoms with E-state index in [4.69, 9.17) is 9.47 Å². The molecule has 2 aliphatic heterocycles. The average Bonchev–Trinajstić information content (AvgIpc) is 3.49. The number of fused-ring (bicyclic) bond motifs is 1. The summed E-state index contributed by atoms with van der Waals surface area (Å²) in [6, 6.07) is 7.34. The van der Waals surface area contributed by atoms with Crippen molar-refractivity contribution in [2.45, 2.75) is 51.3 Å². The van der Waals surface area contributed by atoms with Crippen LogP contribution in [0.15, 0.2) is 35.7 Å². The molecule has 184 valence electrons. The van der Waals surface area contributed by atoms with Gasteiger partial charge in [-0.15, -0.1) is 11.3 Å². The predicted molar refractivity (Wildman–Crippen MR) is 129 cm³/mol. The van der Waals surface area contributed by atoms with Crippen LogP contribution in [0.5, 0.6) is 5.75 Å². The van der Waals surface area contributed by atoms with Crippen molar-refractivity contribution >= 4 is 23.3 Å². The number of thiophene rings is 1. The number of benzene rings is 1. The molecule has 9 heteroatoms. The van der Waals surface area contributed by atoms with Gasteiger partial charge in [-0.2, -0.15) is 0 Å². The summed E-state index contributed by atoms with van der Waals surface area (Å²) in [6.45, 7) is 5.66. The highest BCUT2D eigenvalue weighted by atomic mass is 32.1. The van der Waals surface area contributed by atoms with E-state index in [-0.39, 0.29) is 49.1 Å². The number of nitrogens with zero attached hydrogens (tertiary/aromatic N) is 2. The van der Waals surface area contributed by atoms with E-state index < -0.39 is 0 Å². The maximum atomic E-state index is 13.5. The molecule has 4 rings (SSSR count). The number of carbonyl (C=O) groups excluding carboxylic acids is 2. The van der Waals surface area contributed by atoms with Crippen LogP contribution in [0.2, 0.25) is 0 Å². The summed E-state index contributed by atoms with van der Waals surface area (Å²) in [5, 5.41) is 4.94. The number of ether oxygens (including phenoxy) is 2. The fourth-order valence-electron chi connectivity index (χ4n) is 4.43. The quantitative estimate of drug-likeness (QED) is 0.609. The Morgan fingerprint density at radius 1 is 1.29 bits per heavy atom. The highest BCUT2D eigenvalue weighted by molar-refractivity contribution is 7.10. The third kappa shape index (κ3) is 6.07. The molecule has 1 aromatic heterocycles. The van der Waals surface area contributed by atoms with Crippen LogP contribution in [0.25, 0.3) is 0 Å². The Balaban J connectivity index is 1.48. The summed E-state index contributed by atoms with van der Waals surface area (Å²) in [4.78, 5) is 31.0. The Morgan fingerprint density at radius 2 is 2.09 bits per heavy atom. The van der Waals surface area contributed by atoms with Gasteiger partial charge in [-0.3, -0.25) is 4.79 Å². The van der Waals surface area contributed by atoms with Crippen LogP contribution in [-0.2, 0) is 16.0 Å². The second kappa shape index (κ2) is 11.2.